The molecule has 1 aromatic heterocycles. The third-order valence-corrected chi connectivity index (χ3v) is 5.75. The lowest BCUT2D eigenvalue weighted by Gasteiger charge is -2.48. The summed E-state index contributed by atoms with van der Waals surface area (Å²) >= 11 is 0. The van der Waals surface area contributed by atoms with E-state index in [2.05, 4.69) is 16.7 Å². The Balaban J connectivity index is 2.03. The van der Waals surface area contributed by atoms with E-state index in [4.69, 9.17) is 4.74 Å². The van der Waals surface area contributed by atoms with Gasteiger partial charge in [-0.1, -0.05) is 91.5 Å². The molecule has 1 heterocycles. The van der Waals surface area contributed by atoms with Crippen molar-refractivity contribution in [1.82, 2.24) is 14.8 Å². The molecule has 4 rings (SSSR count). The van der Waals surface area contributed by atoms with Gasteiger partial charge in [0.15, 0.2) is 0 Å². The van der Waals surface area contributed by atoms with Crippen LogP contribution in [0.25, 0.3) is 5.57 Å². The second-order valence-electron chi connectivity index (χ2n) is 7.28. The molecule has 0 saturated heterocycles. The molecule has 2 unspecified atom stereocenters. The summed E-state index contributed by atoms with van der Waals surface area (Å²) in [5.41, 5.74) is 0.659. The number of rotatable bonds is 6. The molecule has 0 aliphatic heterocycles. The average molecular weight is 397 g/mol. The number of hydrogen-bond acceptors (Lipinski definition) is 4. The van der Waals surface area contributed by atoms with Crippen LogP contribution in [0, 0.1) is 0 Å². The summed E-state index contributed by atoms with van der Waals surface area (Å²) < 4.78 is 7.42. The highest BCUT2D eigenvalue weighted by atomic mass is 16.5. The Kier molecular flexibility index (Phi) is 5.19. The molecule has 3 aromatic rings. The Hall–Kier alpha value is -3.73. The maximum Gasteiger partial charge on any atom is 0.323 e. The topological polar surface area (TPSA) is 57.0 Å². The number of hydrogen-bond donors (Lipinski definition) is 0. The third-order valence-electron chi connectivity index (χ3n) is 5.75. The van der Waals surface area contributed by atoms with E-state index in [-0.39, 0.29) is 12.6 Å². The number of aromatic nitrogens is 3. The smallest absolute Gasteiger partial charge is 0.323 e. The number of carbonyl (C=O) groups is 1. The molecule has 1 aliphatic rings. The molecule has 0 saturated carbocycles. The molecule has 30 heavy (non-hydrogen) atoms. The Morgan fingerprint density at radius 2 is 1.83 bits per heavy atom. The molecule has 0 N–H and O–H groups in total. The number of nitrogens with zero attached hydrogens (tertiary/aromatic N) is 3. The Morgan fingerprint density at radius 1 is 1.13 bits per heavy atom. The van der Waals surface area contributed by atoms with Crippen LogP contribution in [0.2, 0.25) is 0 Å². The van der Waals surface area contributed by atoms with Crippen LogP contribution in [0.4, 0.5) is 0 Å². The van der Waals surface area contributed by atoms with Gasteiger partial charge in [-0.05, 0) is 23.6 Å². The van der Waals surface area contributed by atoms with E-state index in [1.54, 1.807) is 17.1 Å². The van der Waals surface area contributed by atoms with E-state index < -0.39 is 11.0 Å². The van der Waals surface area contributed by atoms with Gasteiger partial charge >= 0.3 is 5.97 Å². The zero-order valence-corrected chi connectivity index (χ0v) is 16.8. The lowest BCUT2D eigenvalue weighted by molar-refractivity contribution is -0.150. The zero-order valence-electron chi connectivity index (χ0n) is 16.8. The van der Waals surface area contributed by atoms with Crippen molar-refractivity contribution in [1.29, 1.82) is 0 Å². The molecular formula is C25H23N3O2. The Bertz CT molecular complexity index is 1090. The van der Waals surface area contributed by atoms with Crippen molar-refractivity contribution in [3.05, 3.63) is 115 Å². The lowest BCUT2D eigenvalue weighted by atomic mass is 9.59. The van der Waals surface area contributed by atoms with Crippen LogP contribution < -0.4 is 0 Å². The van der Waals surface area contributed by atoms with Crippen LogP contribution in [-0.2, 0) is 20.5 Å². The summed E-state index contributed by atoms with van der Waals surface area (Å²) in [6.07, 6.45) is 10.6. The number of carbonyl (C=O) groups excluding carboxylic acids is 1. The molecule has 150 valence electrons. The van der Waals surface area contributed by atoms with Crippen LogP contribution in [0.1, 0.15) is 18.1 Å². The van der Waals surface area contributed by atoms with E-state index in [1.807, 2.05) is 85.8 Å². The van der Waals surface area contributed by atoms with Gasteiger partial charge in [0.05, 0.1) is 0 Å². The first-order valence-corrected chi connectivity index (χ1v) is 9.79. The first kappa shape index (κ1) is 19.6. The summed E-state index contributed by atoms with van der Waals surface area (Å²) in [6, 6.07) is 19.7. The van der Waals surface area contributed by atoms with Crippen molar-refractivity contribution in [3.63, 3.8) is 0 Å². The molecule has 2 aromatic carbocycles. The molecule has 0 fully saturated rings. The van der Waals surface area contributed by atoms with Gasteiger partial charge in [0.25, 0.3) is 0 Å². The van der Waals surface area contributed by atoms with E-state index in [0.29, 0.717) is 0 Å². The molecule has 0 radical (unpaired) electrons. The van der Waals surface area contributed by atoms with E-state index >= 15 is 0 Å². The molecule has 0 amide bonds. The van der Waals surface area contributed by atoms with Gasteiger partial charge in [0, 0.05) is 0 Å². The number of benzene rings is 2. The summed E-state index contributed by atoms with van der Waals surface area (Å²) in [5, 5.41) is 4.47. The fourth-order valence-corrected chi connectivity index (χ4v) is 4.28. The molecule has 1 aliphatic carbocycles. The van der Waals surface area contributed by atoms with Crippen molar-refractivity contribution in [2.24, 2.45) is 0 Å². The van der Waals surface area contributed by atoms with E-state index in [0.717, 1.165) is 16.7 Å². The molecule has 5 heteroatoms. The second kappa shape index (κ2) is 7.95. The van der Waals surface area contributed by atoms with Gasteiger partial charge in [-0.15, -0.1) is 0 Å². The van der Waals surface area contributed by atoms with Gasteiger partial charge in [0.2, 0.25) is 0 Å². The fraction of sp³-hybridized carbons (Fsp3) is 0.160. The number of ether oxygens (including phenoxy) is 1. The largest absolute Gasteiger partial charge is 0.460 e. The van der Waals surface area contributed by atoms with Gasteiger partial charge < -0.3 is 4.74 Å². The SMILES string of the molecule is C=CCOC(=O)C1(c2ccccc2)C=CC=C(c2ccccc2)C1(C)n1cncn1. The van der Waals surface area contributed by atoms with Gasteiger partial charge in [-0.3, -0.25) is 4.79 Å². The average Bonchev–Trinajstić information content (AvgIpc) is 3.34. The van der Waals surface area contributed by atoms with E-state index in [9.17, 15) is 4.79 Å². The standard InChI is InChI=1S/C25H23N3O2/c1-3-17-30-23(29)25(21-13-8-5-9-14-21)16-10-15-22(20-11-6-4-7-12-20)24(25,2)28-19-26-18-27-28/h3-16,18-19H,1,17H2,2H3. The number of allylic oxidation sites excluding steroid dienone is 3. The zero-order chi connectivity index (χ0) is 21.0. The van der Waals surface area contributed by atoms with Crippen LogP contribution in [-0.4, -0.2) is 27.3 Å². The predicted octanol–water partition coefficient (Wildman–Crippen LogP) is 4.31. The monoisotopic (exact) mass is 397 g/mol. The molecular weight excluding hydrogens is 374 g/mol. The number of esters is 1. The maximum atomic E-state index is 13.8. The minimum Gasteiger partial charge on any atom is -0.460 e. The minimum absolute atomic E-state index is 0.124. The van der Waals surface area contributed by atoms with Crippen molar-refractivity contribution < 1.29 is 9.53 Å². The van der Waals surface area contributed by atoms with Crippen LogP contribution in [0.3, 0.4) is 0 Å². The lowest BCUT2D eigenvalue weighted by Crippen LogP contribution is -2.57. The summed E-state index contributed by atoms with van der Waals surface area (Å²) in [6.45, 7) is 5.82. The summed E-state index contributed by atoms with van der Waals surface area (Å²) in [5.74, 6) is -0.371. The fourth-order valence-electron chi connectivity index (χ4n) is 4.28. The normalized spacial score (nSPS) is 22.9. The first-order valence-electron chi connectivity index (χ1n) is 9.79. The molecule has 0 spiro atoms. The van der Waals surface area contributed by atoms with Crippen LogP contribution >= 0.6 is 0 Å². The van der Waals surface area contributed by atoms with E-state index in [1.165, 1.54) is 6.33 Å². The van der Waals surface area contributed by atoms with Crippen molar-refractivity contribution in [2.75, 3.05) is 6.61 Å². The maximum absolute atomic E-state index is 13.8. The molecule has 5 nitrogen and oxygen atoms in total. The van der Waals surface area contributed by atoms with Crippen LogP contribution in [0.5, 0.6) is 0 Å². The summed E-state index contributed by atoms with van der Waals surface area (Å²) in [4.78, 5) is 17.9. The van der Waals surface area contributed by atoms with Crippen molar-refractivity contribution in [2.45, 2.75) is 17.9 Å². The van der Waals surface area contributed by atoms with Gasteiger partial charge in [-0.25, -0.2) is 9.67 Å². The summed E-state index contributed by atoms with van der Waals surface area (Å²) in [7, 11) is 0. The first-order chi connectivity index (χ1) is 14.6. The quantitative estimate of drug-likeness (QED) is 0.459. The highest BCUT2D eigenvalue weighted by molar-refractivity contribution is 5.94. The van der Waals surface area contributed by atoms with Crippen LogP contribution in [0.15, 0.2) is 104 Å². The van der Waals surface area contributed by atoms with Crippen molar-refractivity contribution in [3.8, 4) is 0 Å². The van der Waals surface area contributed by atoms with Crippen molar-refractivity contribution >= 4 is 11.5 Å². The minimum atomic E-state index is -1.16. The Labute approximate surface area is 176 Å². The molecule has 0 bridgehead atoms. The predicted molar refractivity (Wildman–Crippen MR) is 117 cm³/mol. The molecule has 2 atom stereocenters. The highest BCUT2D eigenvalue weighted by Gasteiger charge is 2.59. The van der Waals surface area contributed by atoms with Gasteiger partial charge in [-0.2, -0.15) is 5.10 Å². The second-order valence-corrected chi connectivity index (χ2v) is 7.28. The van der Waals surface area contributed by atoms with Gasteiger partial charge in [0.1, 0.15) is 30.2 Å². The highest BCUT2D eigenvalue weighted by Crippen LogP contribution is 2.52. The third kappa shape index (κ3) is 2.90. The Morgan fingerprint density at radius 3 is 2.47 bits per heavy atom.